The first-order valence-electron chi connectivity index (χ1n) is 36.8. The number of esters is 1. The van der Waals surface area contributed by atoms with E-state index in [9.17, 15) is 19.0 Å². The average molecular weight is 1280 g/mol. The van der Waals surface area contributed by atoms with Gasteiger partial charge in [-0.25, -0.2) is 0 Å². The van der Waals surface area contributed by atoms with E-state index in [-0.39, 0.29) is 24.9 Å². The second-order valence-electron chi connectivity index (χ2n) is 25.3. The molecular weight excluding hydrogens is 1140 g/mol. The van der Waals surface area contributed by atoms with Crippen molar-refractivity contribution < 1.29 is 37.3 Å². The summed E-state index contributed by atoms with van der Waals surface area (Å²) in [6.45, 7) is 6.59. The number of carbonyl (C=O) groups is 2. The van der Waals surface area contributed by atoms with Crippen LogP contribution >= 0.6 is 7.82 Å². The van der Waals surface area contributed by atoms with E-state index in [1.165, 1.54) is 96.3 Å². The van der Waals surface area contributed by atoms with Gasteiger partial charge in [0.1, 0.15) is 19.3 Å². The van der Waals surface area contributed by atoms with Crippen LogP contribution in [0.15, 0.2) is 158 Å². The number of hydrogen-bond donors (Lipinski definition) is 1. The molecule has 3 unspecified atom stereocenters. The van der Waals surface area contributed by atoms with Gasteiger partial charge in [-0.3, -0.25) is 14.2 Å². The van der Waals surface area contributed by atoms with Gasteiger partial charge in [-0.05, 0) is 134 Å². The van der Waals surface area contributed by atoms with Gasteiger partial charge in [-0.2, -0.15) is 0 Å². The van der Waals surface area contributed by atoms with Crippen LogP contribution in [0.1, 0.15) is 290 Å². The molecule has 1 N–H and O–H groups in total. The van der Waals surface area contributed by atoms with E-state index in [1.54, 1.807) is 0 Å². The van der Waals surface area contributed by atoms with E-state index in [2.05, 4.69) is 172 Å². The monoisotopic (exact) mass is 1280 g/mol. The lowest BCUT2D eigenvalue weighted by Gasteiger charge is -2.30. The first-order chi connectivity index (χ1) is 44.4. The number of unbranched alkanes of at least 4 members (excludes halogenated alkanes) is 25. The molecule has 0 aliphatic rings. The first-order valence-corrected chi connectivity index (χ1v) is 38.3. The summed E-state index contributed by atoms with van der Waals surface area (Å²) >= 11 is 0. The average Bonchev–Trinajstić information content (AvgIpc) is 3.08. The zero-order chi connectivity index (χ0) is 66.3. The third-order valence-corrected chi connectivity index (χ3v) is 16.4. The minimum atomic E-state index is -4.72. The highest BCUT2D eigenvalue weighted by Gasteiger charge is 2.27. The number of nitrogens with zero attached hydrogens (tertiary/aromatic N) is 1. The smallest absolute Gasteiger partial charge is 0.306 e. The summed E-state index contributed by atoms with van der Waals surface area (Å²) in [5.41, 5.74) is 0. The van der Waals surface area contributed by atoms with Gasteiger partial charge >= 0.3 is 5.97 Å². The molecule has 0 heterocycles. The van der Waals surface area contributed by atoms with Gasteiger partial charge in [0.2, 0.25) is 5.91 Å². The summed E-state index contributed by atoms with van der Waals surface area (Å²) in [5.74, 6) is -0.568. The van der Waals surface area contributed by atoms with E-state index >= 15 is 0 Å². The number of rotatable bonds is 65. The minimum Gasteiger partial charge on any atom is -0.756 e. The molecule has 1 amide bonds. The molecule has 0 saturated carbocycles. The molecule has 518 valence electrons. The van der Waals surface area contributed by atoms with E-state index in [4.69, 9.17) is 13.8 Å². The van der Waals surface area contributed by atoms with Crippen LogP contribution in [0.4, 0.5) is 0 Å². The zero-order valence-electron chi connectivity index (χ0n) is 59.2. The summed E-state index contributed by atoms with van der Waals surface area (Å²) in [5, 5.41) is 3.03. The molecule has 0 radical (unpaired) electrons. The quantitative estimate of drug-likeness (QED) is 0.0212. The molecule has 0 aliphatic heterocycles. The number of quaternary nitrogens is 1. The second kappa shape index (κ2) is 68.5. The SMILES string of the molecule is CC/C=C\C/C=C\C/C=C\C/C=C\C/C=C\C/C=C\CCCCCCCCCCC(=O)NC(COP(=O)([O-])OCC[N+](C)(C)C)C(/C=C/CCCCCCCCCCC)OC(=O)CCCCCCCCCC/C=C\C/C=C\C/C=C\C/C=C\C/C=C\C/C=C\CC. The molecule has 0 aliphatic carbocycles. The topological polar surface area (TPSA) is 114 Å². The number of phosphoric acid groups is 1. The Kier molecular flexibility index (Phi) is 65.2. The standard InChI is InChI=1S/C81H137N2O7P/c1-7-10-13-16-19-22-25-27-29-31-33-35-37-39-41-43-45-47-49-51-53-55-58-61-64-67-70-73-80(84)82-78(77-89-91(86,87)88-76-75-83(4,5)6)79(72-69-66-63-60-57-24-21-18-15-12-9-3)90-81(85)74-71-68-65-62-59-56-54-52-50-48-46-44-42-40-38-36-34-32-30-28-26-23-20-17-14-11-8-2/h10-11,13-14,19-20,22-23,27-30,33-36,39-42,45-48,69,72,78-79H,7-9,12,15-18,21,24-26,31-32,37-38,43-44,49-68,70-71,73-77H2,1-6H3,(H-,82,84,86,87)/b13-10-,14-11-,22-19-,23-20-,29-27-,30-28-,35-33-,36-34-,41-39-,42-40-,47-45-,48-46-,72-69+. The van der Waals surface area contributed by atoms with Crippen LogP contribution in [0.5, 0.6) is 0 Å². The highest BCUT2D eigenvalue weighted by molar-refractivity contribution is 7.45. The van der Waals surface area contributed by atoms with Crippen molar-refractivity contribution in [3.8, 4) is 0 Å². The molecule has 91 heavy (non-hydrogen) atoms. The van der Waals surface area contributed by atoms with Crippen LogP contribution in [0, 0.1) is 0 Å². The Hall–Kier alpha value is -4.37. The molecule has 0 aromatic rings. The van der Waals surface area contributed by atoms with Gasteiger partial charge in [0.25, 0.3) is 7.82 Å². The molecule has 0 fully saturated rings. The van der Waals surface area contributed by atoms with E-state index in [0.717, 1.165) is 154 Å². The Labute approximate surface area is 560 Å². The fourth-order valence-corrected chi connectivity index (χ4v) is 10.6. The van der Waals surface area contributed by atoms with Gasteiger partial charge in [-0.1, -0.05) is 301 Å². The van der Waals surface area contributed by atoms with Crippen molar-refractivity contribution in [1.29, 1.82) is 0 Å². The normalized spacial score (nSPS) is 14.4. The van der Waals surface area contributed by atoms with Crippen LogP contribution in [-0.4, -0.2) is 69.4 Å². The molecule has 9 nitrogen and oxygen atoms in total. The summed E-state index contributed by atoms with van der Waals surface area (Å²) in [4.78, 5) is 40.2. The van der Waals surface area contributed by atoms with E-state index in [0.29, 0.717) is 23.9 Å². The van der Waals surface area contributed by atoms with Crippen LogP contribution in [-0.2, 0) is 27.9 Å². The van der Waals surface area contributed by atoms with Gasteiger partial charge in [0.05, 0.1) is 33.8 Å². The van der Waals surface area contributed by atoms with Gasteiger partial charge in [0, 0.05) is 12.8 Å². The highest BCUT2D eigenvalue weighted by Crippen LogP contribution is 2.38. The van der Waals surface area contributed by atoms with Crippen molar-refractivity contribution in [3.05, 3.63) is 158 Å². The molecule has 0 aromatic heterocycles. The lowest BCUT2D eigenvalue weighted by molar-refractivity contribution is -0.870. The Balaban J connectivity index is 5.05. The summed E-state index contributed by atoms with van der Waals surface area (Å²) in [6, 6.07) is -0.910. The number of ether oxygens (including phenoxy) is 1. The van der Waals surface area contributed by atoms with Crippen molar-refractivity contribution in [2.24, 2.45) is 0 Å². The Morgan fingerprint density at radius 3 is 1.05 bits per heavy atom. The first kappa shape index (κ1) is 86.6. The van der Waals surface area contributed by atoms with Gasteiger partial charge in [-0.15, -0.1) is 0 Å². The number of likely N-dealkylation sites (N-methyl/N-ethyl adjacent to an activating group) is 1. The van der Waals surface area contributed by atoms with Crippen molar-refractivity contribution in [2.75, 3.05) is 40.9 Å². The molecule has 0 aromatic carbocycles. The minimum absolute atomic E-state index is 0.0340. The predicted octanol–water partition coefficient (Wildman–Crippen LogP) is 23.3. The van der Waals surface area contributed by atoms with E-state index < -0.39 is 26.6 Å². The number of amides is 1. The zero-order valence-corrected chi connectivity index (χ0v) is 60.1. The fourth-order valence-electron chi connectivity index (χ4n) is 9.88. The van der Waals surface area contributed by atoms with Gasteiger partial charge in [0.15, 0.2) is 0 Å². The third kappa shape index (κ3) is 69.8. The molecule has 0 spiro atoms. The molecular formula is C81H137N2O7P. The molecule has 0 rings (SSSR count). The number of nitrogens with one attached hydrogen (secondary N) is 1. The molecule has 3 atom stereocenters. The maximum absolute atomic E-state index is 13.6. The lowest BCUT2D eigenvalue weighted by Crippen LogP contribution is -2.47. The van der Waals surface area contributed by atoms with Crippen molar-refractivity contribution in [3.63, 3.8) is 0 Å². The van der Waals surface area contributed by atoms with Crippen molar-refractivity contribution in [2.45, 2.75) is 303 Å². The van der Waals surface area contributed by atoms with E-state index in [1.807, 2.05) is 33.3 Å². The molecule has 0 saturated heterocycles. The van der Waals surface area contributed by atoms with Crippen molar-refractivity contribution >= 4 is 19.7 Å². The number of phosphoric ester groups is 1. The largest absolute Gasteiger partial charge is 0.756 e. The fraction of sp³-hybridized carbons (Fsp3) is 0.654. The Morgan fingerprint density at radius 2 is 0.703 bits per heavy atom. The van der Waals surface area contributed by atoms with Crippen LogP contribution in [0.2, 0.25) is 0 Å². The lowest BCUT2D eigenvalue weighted by atomic mass is 10.0. The number of allylic oxidation sites excluding steroid dienone is 25. The number of carbonyl (C=O) groups excluding carboxylic acids is 2. The highest BCUT2D eigenvalue weighted by atomic mass is 31.2. The molecule has 10 heteroatoms. The maximum Gasteiger partial charge on any atom is 0.306 e. The van der Waals surface area contributed by atoms with Crippen LogP contribution in [0.3, 0.4) is 0 Å². The van der Waals surface area contributed by atoms with Crippen molar-refractivity contribution in [1.82, 2.24) is 5.32 Å². The summed E-state index contributed by atoms with van der Waals surface area (Å²) < 4.78 is 30.4. The summed E-state index contributed by atoms with van der Waals surface area (Å²) in [7, 11) is 1.15. The van der Waals surface area contributed by atoms with Crippen LogP contribution < -0.4 is 10.2 Å². The van der Waals surface area contributed by atoms with Crippen LogP contribution in [0.25, 0.3) is 0 Å². The Morgan fingerprint density at radius 1 is 0.396 bits per heavy atom. The van der Waals surface area contributed by atoms with Gasteiger partial charge < -0.3 is 28.5 Å². The molecule has 0 bridgehead atoms. The summed E-state index contributed by atoms with van der Waals surface area (Å²) in [6.07, 6.45) is 101. The number of hydrogen-bond acceptors (Lipinski definition) is 7. The maximum atomic E-state index is 13.6. The Bertz CT molecular complexity index is 2120. The predicted molar refractivity (Wildman–Crippen MR) is 394 cm³/mol. The second-order valence-corrected chi connectivity index (χ2v) is 26.7. The third-order valence-electron chi connectivity index (χ3n) is 15.5.